The second-order valence-electron chi connectivity index (χ2n) is 7.03. The van der Waals surface area contributed by atoms with Crippen LogP contribution in [-0.4, -0.2) is 53.6 Å². The van der Waals surface area contributed by atoms with Crippen molar-refractivity contribution in [3.8, 4) is 6.07 Å². The number of halogens is 2. The minimum absolute atomic E-state index is 0.0548. The van der Waals surface area contributed by atoms with Crippen molar-refractivity contribution < 1.29 is 19.2 Å². The second kappa shape index (κ2) is 8.39. The van der Waals surface area contributed by atoms with Crippen LogP contribution in [-0.2, 0) is 4.79 Å². The highest BCUT2D eigenvalue weighted by atomic mass is 35.5. The molecule has 1 saturated heterocycles. The van der Waals surface area contributed by atoms with Crippen molar-refractivity contribution in [2.45, 2.75) is 19.3 Å². The van der Waals surface area contributed by atoms with Crippen molar-refractivity contribution in [1.29, 1.82) is 5.26 Å². The van der Waals surface area contributed by atoms with Gasteiger partial charge in [0.25, 0.3) is 0 Å². The van der Waals surface area contributed by atoms with Gasteiger partial charge in [-0.1, -0.05) is 23.2 Å². The zero-order chi connectivity index (χ0) is 21.3. The van der Waals surface area contributed by atoms with Crippen LogP contribution in [0.2, 0.25) is 10.0 Å². The SMILES string of the molecule is CN1CCCN(C(=O)Nc2c(Cl)ccc(C(=O)C(C#N)C(=O)C3CC3)c2Cl)C1=O. The smallest absolute Gasteiger partial charge is 0.327 e. The van der Waals surface area contributed by atoms with E-state index in [9.17, 15) is 24.4 Å². The van der Waals surface area contributed by atoms with Gasteiger partial charge in [0.1, 0.15) is 0 Å². The summed E-state index contributed by atoms with van der Waals surface area (Å²) in [5, 5.41) is 11.7. The first-order valence-corrected chi connectivity index (χ1v) is 9.81. The van der Waals surface area contributed by atoms with Crippen LogP contribution >= 0.6 is 23.2 Å². The first-order valence-electron chi connectivity index (χ1n) is 9.05. The minimum atomic E-state index is -1.46. The van der Waals surface area contributed by atoms with Crippen LogP contribution < -0.4 is 5.32 Å². The Hall–Kier alpha value is -2.63. The first kappa shape index (κ1) is 21.1. The lowest BCUT2D eigenvalue weighted by Crippen LogP contribution is -2.51. The van der Waals surface area contributed by atoms with Gasteiger partial charge in [-0.05, 0) is 31.4 Å². The molecule has 1 saturated carbocycles. The van der Waals surface area contributed by atoms with Crippen LogP contribution in [0.5, 0.6) is 0 Å². The molecule has 0 radical (unpaired) electrons. The summed E-state index contributed by atoms with van der Waals surface area (Å²) in [5.74, 6) is -2.88. The number of urea groups is 2. The van der Waals surface area contributed by atoms with Crippen LogP contribution in [0.3, 0.4) is 0 Å². The average Bonchev–Trinajstić information content (AvgIpc) is 3.52. The summed E-state index contributed by atoms with van der Waals surface area (Å²) >= 11 is 12.4. The molecule has 1 aliphatic carbocycles. The maximum absolute atomic E-state index is 12.8. The predicted octanol–water partition coefficient (Wildman–Crippen LogP) is 3.58. The Balaban J connectivity index is 1.86. The quantitative estimate of drug-likeness (QED) is 0.559. The highest BCUT2D eigenvalue weighted by molar-refractivity contribution is 6.42. The van der Waals surface area contributed by atoms with Crippen LogP contribution in [0, 0.1) is 23.2 Å². The zero-order valence-corrected chi connectivity index (χ0v) is 17.1. The lowest BCUT2D eigenvalue weighted by Gasteiger charge is -2.31. The maximum atomic E-state index is 12.8. The molecule has 2 fully saturated rings. The molecule has 2 aliphatic rings. The van der Waals surface area contributed by atoms with E-state index in [4.69, 9.17) is 23.2 Å². The van der Waals surface area contributed by atoms with E-state index in [0.29, 0.717) is 25.8 Å². The Morgan fingerprint density at radius 3 is 2.55 bits per heavy atom. The number of nitrogens with zero attached hydrogens (tertiary/aromatic N) is 3. The Bertz CT molecular complexity index is 939. The molecule has 1 N–H and O–H groups in total. The molecular weight excluding hydrogens is 419 g/mol. The molecule has 1 atom stereocenters. The molecule has 8 nitrogen and oxygen atoms in total. The molecule has 1 unspecified atom stereocenters. The zero-order valence-electron chi connectivity index (χ0n) is 15.6. The summed E-state index contributed by atoms with van der Waals surface area (Å²) in [4.78, 5) is 52.2. The highest BCUT2D eigenvalue weighted by Gasteiger charge is 2.39. The summed E-state index contributed by atoms with van der Waals surface area (Å²) in [7, 11) is 1.58. The van der Waals surface area contributed by atoms with Crippen LogP contribution in [0.1, 0.15) is 29.6 Å². The number of benzene rings is 1. The third kappa shape index (κ3) is 4.21. The van der Waals surface area contributed by atoms with E-state index in [0.717, 1.165) is 4.90 Å². The Morgan fingerprint density at radius 2 is 1.93 bits per heavy atom. The number of hydrogen-bond donors (Lipinski definition) is 1. The molecule has 0 spiro atoms. The van der Waals surface area contributed by atoms with Crippen molar-refractivity contribution >= 4 is 52.5 Å². The average molecular weight is 437 g/mol. The molecule has 0 aromatic heterocycles. The van der Waals surface area contributed by atoms with Crippen molar-refractivity contribution in [2.24, 2.45) is 11.8 Å². The molecule has 10 heteroatoms. The molecule has 29 heavy (non-hydrogen) atoms. The van der Waals surface area contributed by atoms with Gasteiger partial charge in [0.05, 0.1) is 21.8 Å². The first-order chi connectivity index (χ1) is 13.8. The van der Waals surface area contributed by atoms with Gasteiger partial charge in [-0.3, -0.25) is 9.59 Å². The number of ketones is 2. The number of nitriles is 1. The van der Waals surface area contributed by atoms with E-state index in [1.54, 1.807) is 13.1 Å². The summed E-state index contributed by atoms with van der Waals surface area (Å²) in [6.07, 6.45) is 1.94. The number of nitrogens with one attached hydrogen (secondary N) is 1. The Morgan fingerprint density at radius 1 is 1.24 bits per heavy atom. The number of anilines is 1. The van der Waals surface area contributed by atoms with E-state index < -0.39 is 29.5 Å². The summed E-state index contributed by atoms with van der Waals surface area (Å²) in [6, 6.07) is 3.21. The molecule has 4 amide bonds. The number of carbonyl (C=O) groups is 4. The van der Waals surface area contributed by atoms with Crippen LogP contribution in [0.15, 0.2) is 12.1 Å². The molecule has 3 rings (SSSR count). The van der Waals surface area contributed by atoms with E-state index >= 15 is 0 Å². The highest BCUT2D eigenvalue weighted by Crippen LogP contribution is 2.37. The van der Waals surface area contributed by atoms with E-state index in [2.05, 4.69) is 5.32 Å². The van der Waals surface area contributed by atoms with Crippen molar-refractivity contribution in [3.63, 3.8) is 0 Å². The molecular formula is C19H18Cl2N4O4. The molecule has 1 aromatic rings. The lowest BCUT2D eigenvalue weighted by atomic mass is 9.92. The molecule has 1 heterocycles. The van der Waals surface area contributed by atoms with Crippen molar-refractivity contribution in [3.05, 3.63) is 27.7 Å². The largest absolute Gasteiger partial charge is 0.330 e. The van der Waals surface area contributed by atoms with Gasteiger partial charge >= 0.3 is 12.1 Å². The monoisotopic (exact) mass is 436 g/mol. The summed E-state index contributed by atoms with van der Waals surface area (Å²) < 4.78 is 0. The number of imide groups is 1. The Labute approximate surface area is 177 Å². The van der Waals surface area contributed by atoms with Gasteiger partial charge in [-0.25, -0.2) is 14.5 Å². The number of Topliss-reactive ketones (excluding diaryl/α,β-unsaturated/α-hetero) is 2. The van der Waals surface area contributed by atoms with Gasteiger partial charge < -0.3 is 10.2 Å². The van der Waals surface area contributed by atoms with Crippen molar-refractivity contribution in [1.82, 2.24) is 9.80 Å². The standard InChI is InChI=1S/C19H18Cl2N4O4/c1-24-7-2-8-25(19(24)29)18(28)23-15-13(20)6-5-11(14(15)21)17(27)12(9-22)16(26)10-3-4-10/h5-6,10,12H,2-4,7-8H2,1H3,(H,23,28). The molecule has 152 valence electrons. The fraction of sp³-hybridized carbons (Fsp3) is 0.421. The van der Waals surface area contributed by atoms with Crippen molar-refractivity contribution in [2.75, 3.05) is 25.5 Å². The summed E-state index contributed by atoms with van der Waals surface area (Å²) in [5.41, 5.74) is -0.144. The van der Waals surface area contributed by atoms with Gasteiger partial charge in [0, 0.05) is 31.6 Å². The second-order valence-corrected chi connectivity index (χ2v) is 7.81. The van der Waals surface area contributed by atoms with E-state index in [1.807, 2.05) is 0 Å². The number of rotatable bonds is 5. The number of amides is 4. The molecule has 1 aromatic carbocycles. The maximum Gasteiger partial charge on any atom is 0.330 e. The third-order valence-electron chi connectivity index (χ3n) is 4.92. The van der Waals surface area contributed by atoms with Gasteiger partial charge in [0.15, 0.2) is 17.5 Å². The predicted molar refractivity (Wildman–Crippen MR) is 106 cm³/mol. The molecule has 1 aliphatic heterocycles. The minimum Gasteiger partial charge on any atom is -0.327 e. The lowest BCUT2D eigenvalue weighted by molar-refractivity contribution is -0.121. The topological polar surface area (TPSA) is 111 Å². The third-order valence-corrected chi connectivity index (χ3v) is 5.63. The van der Waals surface area contributed by atoms with E-state index in [1.165, 1.54) is 17.0 Å². The Kier molecular flexibility index (Phi) is 6.10. The van der Waals surface area contributed by atoms with Crippen LogP contribution in [0.25, 0.3) is 0 Å². The fourth-order valence-corrected chi connectivity index (χ4v) is 3.65. The van der Waals surface area contributed by atoms with Crippen LogP contribution in [0.4, 0.5) is 15.3 Å². The fourth-order valence-electron chi connectivity index (χ4n) is 3.09. The molecule has 0 bridgehead atoms. The summed E-state index contributed by atoms with van der Waals surface area (Å²) in [6.45, 7) is 0.772. The van der Waals surface area contributed by atoms with Gasteiger partial charge in [-0.15, -0.1) is 0 Å². The number of carbonyl (C=O) groups excluding carboxylic acids is 4. The normalized spacial score (nSPS) is 17.5. The van der Waals surface area contributed by atoms with Gasteiger partial charge in [0.2, 0.25) is 0 Å². The van der Waals surface area contributed by atoms with Gasteiger partial charge in [-0.2, -0.15) is 5.26 Å². The van der Waals surface area contributed by atoms with E-state index in [-0.39, 0.29) is 33.8 Å². The number of hydrogen-bond acceptors (Lipinski definition) is 5.